The standard InChI is InChI=1S/C29H32N6O4/c1-20-10-8-9-13-23(20)33-28(31-19-30)34-14-15-35(24(18-34)21-11-6-5-7-12-21)29(36)32-22-16-25(37-2)27(39-4)26(17-22)38-3/h5-13,16-17,24H,14-15,18H2,1-4H3,(H,31,33)(H,32,36). The molecule has 2 N–H and O–H groups in total. The van der Waals surface area contributed by atoms with Gasteiger partial charge in [-0.1, -0.05) is 48.5 Å². The van der Waals surface area contributed by atoms with Crippen molar-refractivity contribution in [3.63, 3.8) is 0 Å². The Morgan fingerprint density at radius 1 is 0.974 bits per heavy atom. The number of benzene rings is 3. The summed E-state index contributed by atoms with van der Waals surface area (Å²) < 4.78 is 16.3. The first-order valence-corrected chi connectivity index (χ1v) is 12.5. The summed E-state index contributed by atoms with van der Waals surface area (Å²) in [5.41, 5.74) is 3.25. The van der Waals surface area contributed by atoms with Crippen LogP contribution in [0.1, 0.15) is 17.2 Å². The number of hydrogen-bond donors (Lipinski definition) is 2. The zero-order chi connectivity index (χ0) is 27.8. The van der Waals surface area contributed by atoms with Crippen LogP contribution in [0.2, 0.25) is 0 Å². The minimum absolute atomic E-state index is 0.275. The molecule has 1 unspecified atom stereocenters. The molecule has 0 bridgehead atoms. The molecule has 1 atom stereocenters. The van der Waals surface area contributed by atoms with Gasteiger partial charge in [-0.05, 0) is 24.1 Å². The maximum Gasteiger partial charge on any atom is 0.322 e. The van der Waals surface area contributed by atoms with Gasteiger partial charge in [-0.25, -0.2) is 9.79 Å². The number of hydrogen-bond acceptors (Lipinski definition) is 6. The summed E-state index contributed by atoms with van der Waals surface area (Å²) in [6.45, 7) is 3.29. The van der Waals surface area contributed by atoms with E-state index in [1.54, 1.807) is 17.0 Å². The largest absolute Gasteiger partial charge is 0.493 e. The first kappa shape index (κ1) is 27.1. The van der Waals surface area contributed by atoms with E-state index >= 15 is 0 Å². The Labute approximate surface area is 228 Å². The number of para-hydroxylation sites is 1. The number of methoxy groups -OCH3 is 3. The van der Waals surface area contributed by atoms with Crippen molar-refractivity contribution in [2.45, 2.75) is 13.0 Å². The SMILES string of the molecule is COc1cc(NC(=O)N2CCN(C(=Nc3ccccc3C)NC#N)CC2c2ccccc2)cc(OC)c1OC. The van der Waals surface area contributed by atoms with Gasteiger partial charge < -0.3 is 29.3 Å². The molecule has 0 spiro atoms. The molecule has 1 aliphatic rings. The lowest BCUT2D eigenvalue weighted by Gasteiger charge is -2.42. The molecule has 202 valence electrons. The number of nitrogens with zero attached hydrogens (tertiary/aromatic N) is 4. The van der Waals surface area contributed by atoms with Gasteiger partial charge in [-0.2, -0.15) is 5.26 Å². The third kappa shape index (κ3) is 6.15. The van der Waals surface area contributed by atoms with Gasteiger partial charge in [0.05, 0.1) is 38.7 Å². The average molecular weight is 529 g/mol. The van der Waals surface area contributed by atoms with Crippen molar-refractivity contribution in [2.75, 3.05) is 46.3 Å². The Morgan fingerprint density at radius 2 is 1.64 bits per heavy atom. The molecule has 3 aromatic rings. The molecule has 0 radical (unpaired) electrons. The molecule has 0 saturated carbocycles. The van der Waals surface area contributed by atoms with E-state index in [1.807, 2.05) is 72.6 Å². The molecule has 2 amide bonds. The monoisotopic (exact) mass is 528 g/mol. The number of ether oxygens (including phenoxy) is 3. The topological polar surface area (TPSA) is 111 Å². The molecule has 0 aromatic heterocycles. The molecule has 1 fully saturated rings. The summed E-state index contributed by atoms with van der Waals surface area (Å²) in [7, 11) is 4.58. The Morgan fingerprint density at radius 3 is 2.26 bits per heavy atom. The van der Waals surface area contributed by atoms with Crippen molar-refractivity contribution in [1.82, 2.24) is 15.1 Å². The van der Waals surface area contributed by atoms with Crippen molar-refractivity contribution in [3.8, 4) is 23.4 Å². The van der Waals surface area contributed by atoms with Crippen LogP contribution in [0, 0.1) is 18.4 Å². The number of nitrogens with one attached hydrogen (secondary N) is 2. The molecule has 39 heavy (non-hydrogen) atoms. The average Bonchev–Trinajstić information content (AvgIpc) is 2.97. The first-order valence-electron chi connectivity index (χ1n) is 12.5. The van der Waals surface area contributed by atoms with E-state index in [4.69, 9.17) is 19.2 Å². The minimum atomic E-state index is -0.301. The van der Waals surface area contributed by atoms with Crippen molar-refractivity contribution in [3.05, 3.63) is 77.9 Å². The number of aliphatic imine (C=N–C) groups is 1. The number of nitriles is 1. The Balaban J connectivity index is 1.63. The summed E-state index contributed by atoms with van der Waals surface area (Å²) in [6.07, 6.45) is 2.01. The van der Waals surface area contributed by atoms with Gasteiger partial charge in [0.2, 0.25) is 11.7 Å². The summed E-state index contributed by atoms with van der Waals surface area (Å²) in [6, 6.07) is 20.3. The number of rotatable bonds is 6. The number of amides is 2. The van der Waals surface area contributed by atoms with Crippen LogP contribution in [0.15, 0.2) is 71.7 Å². The van der Waals surface area contributed by atoms with Crippen LogP contribution in [0.5, 0.6) is 17.2 Å². The fraction of sp³-hybridized carbons (Fsp3) is 0.276. The fourth-order valence-electron chi connectivity index (χ4n) is 4.56. The highest BCUT2D eigenvalue weighted by molar-refractivity contribution is 5.91. The van der Waals surface area contributed by atoms with E-state index in [9.17, 15) is 10.1 Å². The minimum Gasteiger partial charge on any atom is -0.493 e. The third-order valence-corrected chi connectivity index (χ3v) is 6.55. The molecule has 4 rings (SSSR count). The molecule has 3 aromatic carbocycles. The van der Waals surface area contributed by atoms with Crippen LogP contribution in [0.4, 0.5) is 16.2 Å². The highest BCUT2D eigenvalue weighted by atomic mass is 16.5. The van der Waals surface area contributed by atoms with Gasteiger partial charge in [-0.15, -0.1) is 0 Å². The number of guanidine groups is 1. The van der Waals surface area contributed by atoms with Crippen molar-refractivity contribution < 1.29 is 19.0 Å². The van der Waals surface area contributed by atoms with Crippen LogP contribution >= 0.6 is 0 Å². The summed E-state index contributed by atoms with van der Waals surface area (Å²) >= 11 is 0. The number of carbonyl (C=O) groups is 1. The predicted octanol–water partition coefficient (Wildman–Crippen LogP) is 4.67. The van der Waals surface area contributed by atoms with Crippen LogP contribution in [0.25, 0.3) is 0 Å². The van der Waals surface area contributed by atoms with Crippen LogP contribution in [-0.4, -0.2) is 62.8 Å². The van der Waals surface area contributed by atoms with Gasteiger partial charge >= 0.3 is 6.03 Å². The number of anilines is 1. The van der Waals surface area contributed by atoms with Gasteiger partial charge in [0.15, 0.2) is 17.7 Å². The van der Waals surface area contributed by atoms with Crippen LogP contribution < -0.4 is 24.8 Å². The van der Waals surface area contributed by atoms with Crippen LogP contribution in [0.3, 0.4) is 0 Å². The summed E-state index contributed by atoms with van der Waals surface area (Å²) in [5.74, 6) is 1.77. The number of urea groups is 1. The number of carbonyl (C=O) groups excluding carboxylic acids is 1. The molecule has 0 aliphatic carbocycles. The van der Waals surface area contributed by atoms with E-state index in [0.717, 1.165) is 16.8 Å². The van der Waals surface area contributed by atoms with Gasteiger partial charge in [0.25, 0.3) is 0 Å². The lowest BCUT2D eigenvalue weighted by Crippen LogP contribution is -2.55. The maximum atomic E-state index is 13.6. The van der Waals surface area contributed by atoms with Crippen molar-refractivity contribution in [2.24, 2.45) is 4.99 Å². The van der Waals surface area contributed by atoms with E-state index in [0.29, 0.717) is 48.5 Å². The Kier molecular flexibility index (Phi) is 8.74. The molecular weight excluding hydrogens is 496 g/mol. The molecule has 1 saturated heterocycles. The highest BCUT2D eigenvalue weighted by Crippen LogP contribution is 2.40. The summed E-state index contributed by atoms with van der Waals surface area (Å²) in [4.78, 5) is 22.2. The predicted molar refractivity (Wildman–Crippen MR) is 150 cm³/mol. The van der Waals surface area contributed by atoms with Gasteiger partial charge in [0, 0.05) is 31.8 Å². The second-order valence-corrected chi connectivity index (χ2v) is 8.87. The maximum absolute atomic E-state index is 13.6. The molecule has 1 heterocycles. The number of piperazine rings is 1. The third-order valence-electron chi connectivity index (χ3n) is 6.55. The quantitative estimate of drug-likeness (QED) is 0.207. The van der Waals surface area contributed by atoms with E-state index in [2.05, 4.69) is 10.6 Å². The zero-order valence-corrected chi connectivity index (χ0v) is 22.5. The fourth-order valence-corrected chi connectivity index (χ4v) is 4.56. The second kappa shape index (κ2) is 12.6. The van der Waals surface area contributed by atoms with E-state index in [1.165, 1.54) is 21.3 Å². The normalized spacial score (nSPS) is 15.3. The van der Waals surface area contributed by atoms with E-state index < -0.39 is 0 Å². The van der Waals surface area contributed by atoms with Crippen LogP contribution in [-0.2, 0) is 0 Å². The lowest BCUT2D eigenvalue weighted by molar-refractivity contribution is 0.135. The molecule has 10 heteroatoms. The second-order valence-electron chi connectivity index (χ2n) is 8.87. The van der Waals surface area contributed by atoms with E-state index in [-0.39, 0.29) is 12.1 Å². The Hall–Kier alpha value is -4.91. The molecule has 10 nitrogen and oxygen atoms in total. The first-order chi connectivity index (χ1) is 19.0. The molecular formula is C29H32N6O4. The zero-order valence-electron chi connectivity index (χ0n) is 22.5. The van der Waals surface area contributed by atoms with Gasteiger partial charge in [-0.3, -0.25) is 5.32 Å². The van der Waals surface area contributed by atoms with Gasteiger partial charge in [0.1, 0.15) is 0 Å². The lowest BCUT2D eigenvalue weighted by atomic mass is 10.0. The number of aryl methyl sites for hydroxylation is 1. The van der Waals surface area contributed by atoms with Crippen molar-refractivity contribution in [1.29, 1.82) is 5.26 Å². The van der Waals surface area contributed by atoms with Crippen molar-refractivity contribution >= 4 is 23.4 Å². The highest BCUT2D eigenvalue weighted by Gasteiger charge is 2.33. The Bertz CT molecular complexity index is 1350. The molecule has 1 aliphatic heterocycles. The summed E-state index contributed by atoms with van der Waals surface area (Å²) in [5, 5.41) is 15.2. The smallest absolute Gasteiger partial charge is 0.322 e.